The monoisotopic (exact) mass is 383 g/mol. The van der Waals surface area contributed by atoms with Crippen LogP contribution >= 0.6 is 0 Å². The van der Waals surface area contributed by atoms with Crippen LogP contribution in [0, 0.1) is 0 Å². The highest BCUT2D eigenvalue weighted by atomic mass is 16.3. The third kappa shape index (κ3) is 3.89. The zero-order valence-corrected chi connectivity index (χ0v) is 16.0. The van der Waals surface area contributed by atoms with E-state index in [2.05, 4.69) is 15.8 Å². The molecule has 0 bridgehead atoms. The number of aromatic hydroxyl groups is 1. The van der Waals surface area contributed by atoms with Crippen molar-refractivity contribution in [1.82, 2.24) is 5.43 Å². The van der Waals surface area contributed by atoms with Crippen molar-refractivity contribution in [2.24, 2.45) is 5.10 Å². The normalized spacial score (nSPS) is 12.3. The van der Waals surface area contributed by atoms with Gasteiger partial charge in [-0.25, -0.2) is 5.43 Å². The molecule has 1 atom stereocenters. The van der Waals surface area contributed by atoms with Gasteiger partial charge in [-0.2, -0.15) is 5.10 Å². The largest absolute Gasteiger partial charge is 0.507 e. The number of phenolic OH excluding ortho intramolecular Hbond substituents is 1. The van der Waals surface area contributed by atoms with Crippen molar-refractivity contribution in [1.29, 1.82) is 0 Å². The number of amides is 1. The maximum absolute atomic E-state index is 12.5. The van der Waals surface area contributed by atoms with Gasteiger partial charge in [0.05, 0.1) is 6.21 Å². The molecule has 5 nitrogen and oxygen atoms in total. The van der Waals surface area contributed by atoms with Crippen LogP contribution in [0.1, 0.15) is 12.5 Å². The Bertz CT molecular complexity index is 1210. The lowest BCUT2D eigenvalue weighted by molar-refractivity contribution is -0.121. The van der Waals surface area contributed by atoms with Gasteiger partial charge in [-0.15, -0.1) is 0 Å². The first-order valence-corrected chi connectivity index (χ1v) is 9.41. The van der Waals surface area contributed by atoms with Crippen molar-refractivity contribution < 1.29 is 9.90 Å². The van der Waals surface area contributed by atoms with E-state index in [1.165, 1.54) is 6.21 Å². The number of anilines is 1. The summed E-state index contributed by atoms with van der Waals surface area (Å²) in [5.41, 5.74) is 4.01. The molecular weight excluding hydrogens is 362 g/mol. The summed E-state index contributed by atoms with van der Waals surface area (Å²) in [6.07, 6.45) is 1.47. The van der Waals surface area contributed by atoms with E-state index >= 15 is 0 Å². The fraction of sp³-hybridized carbons (Fsp3) is 0.0833. The Labute approximate surface area is 168 Å². The highest BCUT2D eigenvalue weighted by Gasteiger charge is 2.13. The van der Waals surface area contributed by atoms with Crippen molar-refractivity contribution in [3.05, 3.63) is 84.4 Å². The van der Waals surface area contributed by atoms with Crippen LogP contribution in [-0.2, 0) is 4.79 Å². The van der Waals surface area contributed by atoms with Crippen LogP contribution in [0.15, 0.2) is 84.0 Å². The second kappa shape index (κ2) is 8.02. The van der Waals surface area contributed by atoms with E-state index in [0.29, 0.717) is 5.56 Å². The molecule has 0 unspecified atom stereocenters. The minimum absolute atomic E-state index is 0.114. The van der Waals surface area contributed by atoms with E-state index in [0.717, 1.165) is 27.2 Å². The lowest BCUT2D eigenvalue weighted by Gasteiger charge is -2.15. The van der Waals surface area contributed by atoms with E-state index in [1.54, 1.807) is 13.0 Å². The first kappa shape index (κ1) is 18.5. The Morgan fingerprint density at radius 3 is 2.34 bits per heavy atom. The Morgan fingerprint density at radius 2 is 1.55 bits per heavy atom. The highest BCUT2D eigenvalue weighted by molar-refractivity contribution is 6.02. The van der Waals surface area contributed by atoms with Crippen molar-refractivity contribution >= 4 is 39.4 Å². The van der Waals surface area contributed by atoms with Gasteiger partial charge in [-0.1, -0.05) is 66.7 Å². The van der Waals surface area contributed by atoms with Gasteiger partial charge in [0.1, 0.15) is 11.8 Å². The molecule has 0 aliphatic carbocycles. The van der Waals surface area contributed by atoms with Gasteiger partial charge >= 0.3 is 0 Å². The van der Waals surface area contributed by atoms with Gasteiger partial charge in [0.2, 0.25) is 0 Å². The summed E-state index contributed by atoms with van der Waals surface area (Å²) in [4.78, 5) is 12.5. The van der Waals surface area contributed by atoms with E-state index in [4.69, 9.17) is 0 Å². The molecule has 0 saturated carbocycles. The summed E-state index contributed by atoms with van der Waals surface area (Å²) in [6.45, 7) is 1.78. The molecule has 5 heteroatoms. The van der Waals surface area contributed by atoms with Crippen LogP contribution < -0.4 is 10.7 Å². The van der Waals surface area contributed by atoms with E-state index in [9.17, 15) is 9.90 Å². The molecule has 29 heavy (non-hydrogen) atoms. The Balaban J connectivity index is 1.48. The second-order valence-corrected chi connectivity index (χ2v) is 6.85. The van der Waals surface area contributed by atoms with E-state index in [1.807, 2.05) is 72.8 Å². The van der Waals surface area contributed by atoms with E-state index < -0.39 is 6.04 Å². The summed E-state index contributed by atoms with van der Waals surface area (Å²) >= 11 is 0. The molecule has 0 radical (unpaired) electrons. The van der Waals surface area contributed by atoms with Crippen LogP contribution in [0.2, 0.25) is 0 Å². The third-order valence-electron chi connectivity index (χ3n) is 4.87. The first-order chi connectivity index (χ1) is 14.1. The molecule has 0 aliphatic heterocycles. The van der Waals surface area contributed by atoms with Crippen molar-refractivity contribution in [3.8, 4) is 5.75 Å². The Morgan fingerprint density at radius 1 is 0.897 bits per heavy atom. The number of hydrogen-bond acceptors (Lipinski definition) is 4. The van der Waals surface area contributed by atoms with Crippen LogP contribution in [-0.4, -0.2) is 23.3 Å². The predicted octanol–water partition coefficient (Wildman–Crippen LogP) is 4.65. The molecule has 4 aromatic rings. The number of hydrogen-bond donors (Lipinski definition) is 3. The molecule has 3 N–H and O–H groups in total. The van der Waals surface area contributed by atoms with E-state index in [-0.39, 0.29) is 11.7 Å². The zero-order valence-electron chi connectivity index (χ0n) is 16.0. The van der Waals surface area contributed by atoms with Crippen LogP contribution in [0.4, 0.5) is 5.69 Å². The van der Waals surface area contributed by atoms with Gasteiger partial charge < -0.3 is 10.4 Å². The van der Waals surface area contributed by atoms with Gasteiger partial charge in [0, 0.05) is 16.6 Å². The van der Waals surface area contributed by atoms with Gasteiger partial charge in [0.15, 0.2) is 0 Å². The number of phenols is 1. The highest BCUT2D eigenvalue weighted by Crippen LogP contribution is 2.25. The number of hydrazone groups is 1. The standard InChI is InChI=1S/C24H21N3O2/c1-16(26-22-12-6-9-17-7-3-5-11-20(17)22)24(29)27-25-15-21-19-10-4-2-8-18(19)13-14-23(21)28/h2-16,26,28H,1H3,(H,27,29)/b25-15-/t16-/m0/s1. The maximum atomic E-state index is 12.5. The quantitative estimate of drug-likeness (QED) is 0.347. The molecule has 0 aliphatic rings. The number of carbonyl (C=O) groups is 1. The SMILES string of the molecule is C[C@H](Nc1cccc2ccccc12)C(=O)N/N=C\c1c(O)ccc2ccccc12. The first-order valence-electron chi connectivity index (χ1n) is 9.41. The molecule has 1 amide bonds. The fourth-order valence-corrected chi connectivity index (χ4v) is 3.33. The Hall–Kier alpha value is -3.86. The lowest BCUT2D eigenvalue weighted by Crippen LogP contribution is -2.34. The van der Waals surface area contributed by atoms with Crippen molar-refractivity contribution in [3.63, 3.8) is 0 Å². The molecule has 0 spiro atoms. The lowest BCUT2D eigenvalue weighted by atomic mass is 10.0. The smallest absolute Gasteiger partial charge is 0.262 e. The summed E-state index contributed by atoms with van der Waals surface area (Å²) < 4.78 is 0. The summed E-state index contributed by atoms with van der Waals surface area (Å²) in [5, 5.41) is 21.5. The third-order valence-corrected chi connectivity index (χ3v) is 4.87. The molecule has 0 saturated heterocycles. The molecule has 4 aromatic carbocycles. The second-order valence-electron chi connectivity index (χ2n) is 6.85. The predicted molar refractivity (Wildman–Crippen MR) is 118 cm³/mol. The number of rotatable bonds is 5. The summed E-state index contributed by atoms with van der Waals surface area (Å²) in [5.74, 6) is -0.155. The molecular formula is C24H21N3O2. The zero-order chi connectivity index (χ0) is 20.2. The topological polar surface area (TPSA) is 73.7 Å². The van der Waals surface area contributed by atoms with Crippen LogP contribution in [0.3, 0.4) is 0 Å². The minimum atomic E-state index is -0.487. The number of carbonyl (C=O) groups excluding carboxylic acids is 1. The van der Waals surface area contributed by atoms with Crippen LogP contribution in [0.25, 0.3) is 21.5 Å². The fourth-order valence-electron chi connectivity index (χ4n) is 3.33. The van der Waals surface area contributed by atoms with Crippen molar-refractivity contribution in [2.75, 3.05) is 5.32 Å². The molecule has 4 rings (SSSR count). The number of nitrogens with one attached hydrogen (secondary N) is 2. The summed E-state index contributed by atoms with van der Waals surface area (Å²) in [7, 11) is 0. The maximum Gasteiger partial charge on any atom is 0.262 e. The van der Waals surface area contributed by atoms with Gasteiger partial charge in [-0.3, -0.25) is 4.79 Å². The average Bonchev–Trinajstić information content (AvgIpc) is 2.75. The van der Waals surface area contributed by atoms with Crippen molar-refractivity contribution in [2.45, 2.75) is 13.0 Å². The molecule has 0 heterocycles. The van der Waals surface area contributed by atoms with Gasteiger partial charge in [-0.05, 0) is 35.2 Å². The number of fused-ring (bicyclic) bond motifs is 2. The number of nitrogens with zero attached hydrogens (tertiary/aromatic N) is 1. The summed E-state index contributed by atoms with van der Waals surface area (Å²) in [6, 6.07) is 24.6. The minimum Gasteiger partial charge on any atom is -0.507 e. The van der Waals surface area contributed by atoms with Gasteiger partial charge in [0.25, 0.3) is 5.91 Å². The molecule has 0 fully saturated rings. The molecule has 0 aromatic heterocycles. The average molecular weight is 383 g/mol. The van der Waals surface area contributed by atoms with Crippen LogP contribution in [0.5, 0.6) is 5.75 Å². The number of benzene rings is 4. The molecule has 144 valence electrons. The Kier molecular flexibility index (Phi) is 5.12.